The van der Waals surface area contributed by atoms with Gasteiger partial charge in [0.15, 0.2) is 0 Å². The van der Waals surface area contributed by atoms with Crippen LogP contribution in [0.1, 0.15) is 28.0 Å². The van der Waals surface area contributed by atoms with E-state index in [1.807, 2.05) is 37.7 Å². The largest absolute Gasteiger partial charge is 0.347 e. The number of rotatable bonds is 6. The minimum absolute atomic E-state index is 0.248. The molecule has 0 radical (unpaired) electrons. The smallest absolute Gasteiger partial charge is 0.255 e. The number of amides is 1. The van der Waals surface area contributed by atoms with Crippen molar-refractivity contribution in [1.82, 2.24) is 25.3 Å². The molecule has 3 rings (SSSR count). The van der Waals surface area contributed by atoms with E-state index in [0.717, 1.165) is 17.1 Å². The zero-order chi connectivity index (χ0) is 18.5. The van der Waals surface area contributed by atoms with E-state index in [4.69, 9.17) is 0 Å². The Morgan fingerprint density at radius 3 is 2.73 bits per heavy atom. The van der Waals surface area contributed by atoms with E-state index < -0.39 is 0 Å². The minimum Gasteiger partial charge on any atom is -0.347 e. The number of thiazole rings is 1. The van der Waals surface area contributed by atoms with Gasteiger partial charge in [-0.25, -0.2) is 15.0 Å². The van der Waals surface area contributed by atoms with Gasteiger partial charge in [-0.15, -0.1) is 11.3 Å². The Kier molecular flexibility index (Phi) is 5.52. The van der Waals surface area contributed by atoms with E-state index in [2.05, 4.69) is 32.2 Å². The minimum atomic E-state index is -0.248. The van der Waals surface area contributed by atoms with Gasteiger partial charge in [-0.2, -0.15) is 0 Å². The number of aromatic nitrogens is 4. The van der Waals surface area contributed by atoms with Gasteiger partial charge in [-0.3, -0.25) is 9.78 Å². The molecule has 0 saturated heterocycles. The van der Waals surface area contributed by atoms with Crippen molar-refractivity contribution in [2.45, 2.75) is 19.9 Å². The van der Waals surface area contributed by atoms with Crippen molar-refractivity contribution in [2.24, 2.45) is 0 Å². The van der Waals surface area contributed by atoms with Gasteiger partial charge in [-0.05, 0) is 18.6 Å². The highest BCUT2D eigenvalue weighted by molar-refractivity contribution is 7.09. The van der Waals surface area contributed by atoms with Crippen LogP contribution >= 0.6 is 11.3 Å². The molecule has 26 heavy (non-hydrogen) atoms. The molecule has 3 aromatic rings. The van der Waals surface area contributed by atoms with E-state index >= 15 is 0 Å². The van der Waals surface area contributed by atoms with Crippen molar-refractivity contribution >= 4 is 23.2 Å². The lowest BCUT2D eigenvalue weighted by atomic mass is 10.1. The summed E-state index contributed by atoms with van der Waals surface area (Å²) in [5.74, 6) is 0.274. The number of carbonyl (C=O) groups is 1. The monoisotopic (exact) mass is 368 g/mol. The highest BCUT2D eigenvalue weighted by Crippen LogP contribution is 2.21. The Labute approximate surface area is 156 Å². The molecule has 7 nitrogen and oxygen atoms in total. The van der Waals surface area contributed by atoms with Crippen LogP contribution in [0.3, 0.4) is 0 Å². The van der Waals surface area contributed by atoms with Gasteiger partial charge in [-0.1, -0.05) is 13.0 Å². The summed E-state index contributed by atoms with van der Waals surface area (Å²) >= 11 is 1.60. The average Bonchev–Trinajstić information content (AvgIpc) is 3.14. The van der Waals surface area contributed by atoms with E-state index in [1.54, 1.807) is 28.6 Å². The molecule has 0 bridgehead atoms. The van der Waals surface area contributed by atoms with Gasteiger partial charge in [0, 0.05) is 31.9 Å². The summed E-state index contributed by atoms with van der Waals surface area (Å²) in [6.07, 6.45) is 4.11. The van der Waals surface area contributed by atoms with Crippen LogP contribution in [0.5, 0.6) is 0 Å². The quantitative estimate of drug-likeness (QED) is 0.720. The van der Waals surface area contributed by atoms with Gasteiger partial charge in [0.05, 0.1) is 28.5 Å². The second kappa shape index (κ2) is 8.01. The topological polar surface area (TPSA) is 83.9 Å². The van der Waals surface area contributed by atoms with Crippen LogP contribution in [0.2, 0.25) is 0 Å². The molecule has 0 saturated carbocycles. The van der Waals surface area contributed by atoms with Gasteiger partial charge in [0.1, 0.15) is 5.69 Å². The number of pyridine rings is 1. The molecule has 8 heteroatoms. The van der Waals surface area contributed by atoms with Crippen molar-refractivity contribution < 1.29 is 4.79 Å². The third-order valence-electron chi connectivity index (χ3n) is 3.66. The van der Waals surface area contributed by atoms with Crippen LogP contribution in [0, 0.1) is 0 Å². The maximum Gasteiger partial charge on any atom is 0.255 e. The first kappa shape index (κ1) is 17.9. The summed E-state index contributed by atoms with van der Waals surface area (Å²) in [7, 11) is 3.70. The summed E-state index contributed by atoms with van der Waals surface area (Å²) in [6.45, 7) is 2.43. The zero-order valence-corrected chi connectivity index (χ0v) is 15.7. The van der Waals surface area contributed by atoms with Crippen LogP contribution < -0.4 is 10.2 Å². The average molecular weight is 368 g/mol. The Balaban J connectivity index is 1.86. The number of hydrogen-bond donors (Lipinski definition) is 1. The molecule has 3 heterocycles. The van der Waals surface area contributed by atoms with Crippen molar-refractivity contribution in [3.63, 3.8) is 0 Å². The van der Waals surface area contributed by atoms with Gasteiger partial charge < -0.3 is 10.2 Å². The van der Waals surface area contributed by atoms with Gasteiger partial charge in [0.25, 0.3) is 5.91 Å². The van der Waals surface area contributed by atoms with Crippen LogP contribution in [-0.2, 0) is 13.0 Å². The van der Waals surface area contributed by atoms with E-state index in [9.17, 15) is 4.79 Å². The Morgan fingerprint density at radius 2 is 2.08 bits per heavy atom. The lowest BCUT2D eigenvalue weighted by Crippen LogP contribution is -2.25. The van der Waals surface area contributed by atoms with Gasteiger partial charge in [0.2, 0.25) is 5.95 Å². The van der Waals surface area contributed by atoms with E-state index in [-0.39, 0.29) is 5.91 Å². The number of anilines is 1. The molecule has 0 unspecified atom stereocenters. The predicted octanol–water partition coefficient (Wildman–Crippen LogP) is 2.55. The molecule has 134 valence electrons. The molecule has 0 aliphatic carbocycles. The second-order valence-corrected chi connectivity index (χ2v) is 6.75. The number of nitrogens with zero attached hydrogens (tertiary/aromatic N) is 5. The number of carbonyl (C=O) groups excluding carboxylic acids is 1. The summed E-state index contributed by atoms with van der Waals surface area (Å²) in [5, 5.41) is 5.92. The predicted molar refractivity (Wildman–Crippen MR) is 102 cm³/mol. The molecular formula is C18H20N6OS. The summed E-state index contributed by atoms with van der Waals surface area (Å²) in [6, 6.07) is 5.51. The zero-order valence-electron chi connectivity index (χ0n) is 14.9. The SMILES string of the molecule is CCc1nc(CNC(=O)c2cnc(N(C)C)nc2-c2ccccn2)cs1. The Morgan fingerprint density at radius 1 is 1.23 bits per heavy atom. The fourth-order valence-electron chi connectivity index (χ4n) is 2.31. The first-order valence-corrected chi connectivity index (χ1v) is 9.13. The Bertz CT molecular complexity index is 894. The highest BCUT2D eigenvalue weighted by atomic mass is 32.1. The number of nitrogens with one attached hydrogen (secondary N) is 1. The van der Waals surface area contributed by atoms with Crippen molar-refractivity contribution in [1.29, 1.82) is 0 Å². The van der Waals surface area contributed by atoms with Crippen LogP contribution in [0.15, 0.2) is 36.0 Å². The van der Waals surface area contributed by atoms with Crippen molar-refractivity contribution in [2.75, 3.05) is 19.0 Å². The van der Waals surface area contributed by atoms with Crippen LogP contribution in [0.25, 0.3) is 11.4 Å². The number of hydrogen-bond acceptors (Lipinski definition) is 7. The maximum absolute atomic E-state index is 12.7. The van der Waals surface area contributed by atoms with Crippen LogP contribution in [0.4, 0.5) is 5.95 Å². The second-order valence-electron chi connectivity index (χ2n) is 5.81. The third-order valence-corrected chi connectivity index (χ3v) is 4.70. The maximum atomic E-state index is 12.7. The first-order valence-electron chi connectivity index (χ1n) is 8.25. The lowest BCUT2D eigenvalue weighted by molar-refractivity contribution is 0.0950. The molecule has 0 aromatic carbocycles. The first-order chi connectivity index (χ1) is 12.6. The summed E-state index contributed by atoms with van der Waals surface area (Å²) < 4.78 is 0. The summed E-state index contributed by atoms with van der Waals surface area (Å²) in [4.78, 5) is 32.1. The fourth-order valence-corrected chi connectivity index (χ4v) is 3.06. The molecule has 1 amide bonds. The molecule has 0 spiro atoms. The molecular weight excluding hydrogens is 348 g/mol. The lowest BCUT2D eigenvalue weighted by Gasteiger charge is -2.14. The molecule has 0 fully saturated rings. The number of aryl methyl sites for hydroxylation is 1. The third kappa shape index (κ3) is 4.02. The molecule has 0 aliphatic rings. The molecule has 0 atom stereocenters. The van der Waals surface area contributed by atoms with Crippen LogP contribution in [-0.4, -0.2) is 39.9 Å². The molecule has 0 aliphatic heterocycles. The van der Waals surface area contributed by atoms with Crippen molar-refractivity contribution in [3.8, 4) is 11.4 Å². The van der Waals surface area contributed by atoms with E-state index in [1.165, 1.54) is 0 Å². The van der Waals surface area contributed by atoms with Gasteiger partial charge >= 0.3 is 0 Å². The molecule has 1 N–H and O–H groups in total. The standard InChI is InChI=1S/C18H20N6OS/c1-4-15-22-12(11-26-15)9-20-17(25)13-10-21-18(24(2)3)23-16(13)14-7-5-6-8-19-14/h5-8,10-11H,4,9H2,1-3H3,(H,20,25). The fraction of sp³-hybridized carbons (Fsp3) is 0.278. The Hall–Kier alpha value is -2.87. The molecule has 3 aromatic heterocycles. The van der Waals surface area contributed by atoms with Crippen molar-refractivity contribution in [3.05, 3.63) is 52.2 Å². The van der Waals surface area contributed by atoms with E-state index in [0.29, 0.717) is 29.4 Å². The highest BCUT2D eigenvalue weighted by Gasteiger charge is 2.18. The summed E-state index contributed by atoms with van der Waals surface area (Å²) in [5.41, 5.74) is 2.38. The normalized spacial score (nSPS) is 10.6.